The van der Waals surface area contributed by atoms with E-state index in [4.69, 9.17) is 9.57 Å². The van der Waals surface area contributed by atoms with E-state index in [9.17, 15) is 4.79 Å². The van der Waals surface area contributed by atoms with Gasteiger partial charge in [-0.3, -0.25) is 9.63 Å². The fraction of sp³-hybridized carbons (Fsp3) is 0.611. The van der Waals surface area contributed by atoms with Crippen molar-refractivity contribution in [2.75, 3.05) is 6.61 Å². The van der Waals surface area contributed by atoms with Crippen LogP contribution in [0.5, 0.6) is 0 Å². The summed E-state index contributed by atoms with van der Waals surface area (Å²) in [6, 6.07) is 7.73. The van der Waals surface area contributed by atoms with Gasteiger partial charge in [-0.2, -0.15) is 5.06 Å². The average Bonchev–Trinajstić information content (AvgIpc) is 3.35. The number of hydrogen-bond donors (Lipinski definition) is 0. The molecule has 4 heteroatoms. The molecular formula is C18H23NO3. The standard InChI is InChI=1S/C18H23NO3/c20-17-15-8-4-5-9-16(15)18(19(17)21-12-13-10-11-13)22-14-6-2-1-3-7-14/h4-5,8-9,13-14,18H,1-3,6-7,10-12H2. The number of nitrogens with zero attached hydrogens (tertiary/aromatic N) is 1. The van der Waals surface area contributed by atoms with Gasteiger partial charge in [-0.05, 0) is 37.7 Å². The highest BCUT2D eigenvalue weighted by atomic mass is 16.7. The first kappa shape index (κ1) is 14.2. The molecular weight excluding hydrogens is 278 g/mol. The number of fused-ring (bicyclic) bond motifs is 1. The van der Waals surface area contributed by atoms with Crippen molar-refractivity contribution in [2.45, 2.75) is 57.3 Å². The van der Waals surface area contributed by atoms with Crippen molar-refractivity contribution < 1.29 is 14.4 Å². The Balaban J connectivity index is 1.53. The lowest BCUT2D eigenvalue weighted by Gasteiger charge is -2.30. The molecule has 4 rings (SSSR count). The topological polar surface area (TPSA) is 38.8 Å². The van der Waals surface area contributed by atoms with Gasteiger partial charge in [-0.15, -0.1) is 0 Å². The van der Waals surface area contributed by atoms with Gasteiger partial charge in [0.05, 0.1) is 12.7 Å². The van der Waals surface area contributed by atoms with E-state index in [1.807, 2.05) is 24.3 Å². The van der Waals surface area contributed by atoms with E-state index < -0.39 is 0 Å². The molecule has 0 bridgehead atoms. The Morgan fingerprint density at radius 3 is 2.59 bits per heavy atom. The summed E-state index contributed by atoms with van der Waals surface area (Å²) in [6.07, 6.45) is 8.20. The zero-order valence-corrected chi connectivity index (χ0v) is 12.9. The van der Waals surface area contributed by atoms with Gasteiger partial charge in [0.2, 0.25) is 0 Å². The van der Waals surface area contributed by atoms with Crippen LogP contribution in [0.3, 0.4) is 0 Å². The van der Waals surface area contributed by atoms with Crippen molar-refractivity contribution in [1.29, 1.82) is 0 Å². The molecule has 1 aromatic carbocycles. The van der Waals surface area contributed by atoms with Crippen LogP contribution in [-0.2, 0) is 9.57 Å². The second-order valence-electron chi connectivity index (χ2n) is 6.71. The summed E-state index contributed by atoms with van der Waals surface area (Å²) in [7, 11) is 0. The number of rotatable bonds is 5. The number of carbonyl (C=O) groups excluding carboxylic acids is 1. The lowest BCUT2D eigenvalue weighted by molar-refractivity contribution is -0.233. The average molecular weight is 301 g/mol. The predicted octanol–water partition coefficient (Wildman–Crippen LogP) is 3.83. The summed E-state index contributed by atoms with van der Waals surface area (Å²) in [6.45, 7) is 0.629. The van der Waals surface area contributed by atoms with E-state index in [-0.39, 0.29) is 18.2 Å². The maximum atomic E-state index is 12.6. The third-order valence-electron chi connectivity index (χ3n) is 4.89. The molecule has 1 aromatic rings. The lowest BCUT2D eigenvalue weighted by atomic mass is 9.97. The number of hydroxylamine groups is 2. The number of amides is 1. The number of hydrogen-bond acceptors (Lipinski definition) is 3. The Morgan fingerprint density at radius 2 is 1.82 bits per heavy atom. The molecule has 1 amide bonds. The molecule has 2 saturated carbocycles. The predicted molar refractivity (Wildman–Crippen MR) is 82.0 cm³/mol. The molecule has 2 fully saturated rings. The monoisotopic (exact) mass is 301 g/mol. The number of benzene rings is 1. The van der Waals surface area contributed by atoms with Gasteiger partial charge >= 0.3 is 0 Å². The normalized spacial score (nSPS) is 25.5. The Hall–Kier alpha value is -1.39. The van der Waals surface area contributed by atoms with E-state index >= 15 is 0 Å². The molecule has 1 atom stereocenters. The van der Waals surface area contributed by atoms with Crippen LogP contribution in [0.4, 0.5) is 0 Å². The van der Waals surface area contributed by atoms with Crippen molar-refractivity contribution in [3.63, 3.8) is 0 Å². The van der Waals surface area contributed by atoms with Crippen molar-refractivity contribution >= 4 is 5.91 Å². The molecule has 4 nitrogen and oxygen atoms in total. The molecule has 118 valence electrons. The summed E-state index contributed by atoms with van der Waals surface area (Å²) in [4.78, 5) is 18.4. The van der Waals surface area contributed by atoms with E-state index in [0.717, 1.165) is 24.0 Å². The van der Waals surface area contributed by atoms with Crippen LogP contribution >= 0.6 is 0 Å². The Labute approximate surface area is 131 Å². The van der Waals surface area contributed by atoms with Crippen LogP contribution in [0.2, 0.25) is 0 Å². The van der Waals surface area contributed by atoms with Crippen LogP contribution in [0.25, 0.3) is 0 Å². The zero-order chi connectivity index (χ0) is 14.9. The summed E-state index contributed by atoms with van der Waals surface area (Å²) in [5, 5.41) is 1.48. The van der Waals surface area contributed by atoms with Gasteiger partial charge in [0, 0.05) is 11.1 Å². The fourth-order valence-corrected chi connectivity index (χ4v) is 3.37. The Bertz CT molecular complexity index is 549. The maximum absolute atomic E-state index is 12.6. The van der Waals surface area contributed by atoms with E-state index in [1.165, 1.54) is 37.2 Å². The van der Waals surface area contributed by atoms with Crippen LogP contribution in [0, 0.1) is 5.92 Å². The minimum absolute atomic E-state index is 0.0583. The van der Waals surface area contributed by atoms with E-state index in [1.54, 1.807) is 0 Å². The quantitative estimate of drug-likeness (QED) is 0.829. The lowest BCUT2D eigenvalue weighted by Crippen LogP contribution is -2.33. The molecule has 0 N–H and O–H groups in total. The maximum Gasteiger partial charge on any atom is 0.280 e. The largest absolute Gasteiger partial charge is 0.348 e. The van der Waals surface area contributed by atoms with E-state index in [2.05, 4.69) is 0 Å². The molecule has 2 aliphatic carbocycles. The molecule has 1 aliphatic heterocycles. The summed E-state index contributed by atoms with van der Waals surface area (Å²) in [5.74, 6) is 0.559. The number of carbonyl (C=O) groups is 1. The first-order chi connectivity index (χ1) is 10.8. The van der Waals surface area contributed by atoms with Gasteiger partial charge in [0.25, 0.3) is 5.91 Å². The molecule has 0 aromatic heterocycles. The molecule has 1 unspecified atom stereocenters. The van der Waals surface area contributed by atoms with Gasteiger partial charge in [0.1, 0.15) is 0 Å². The molecule has 0 spiro atoms. The first-order valence-corrected chi connectivity index (χ1v) is 8.54. The van der Waals surface area contributed by atoms with Crippen molar-refractivity contribution in [2.24, 2.45) is 5.92 Å². The van der Waals surface area contributed by atoms with Gasteiger partial charge < -0.3 is 4.74 Å². The molecule has 0 saturated heterocycles. The van der Waals surface area contributed by atoms with Crippen molar-refractivity contribution in [3.05, 3.63) is 35.4 Å². The van der Waals surface area contributed by atoms with Crippen molar-refractivity contribution in [3.8, 4) is 0 Å². The molecule has 3 aliphatic rings. The SMILES string of the molecule is O=C1c2ccccc2C(OC2CCCCC2)N1OCC1CC1. The first-order valence-electron chi connectivity index (χ1n) is 8.54. The Kier molecular flexibility index (Phi) is 3.89. The summed E-state index contributed by atoms with van der Waals surface area (Å²) < 4.78 is 6.29. The molecule has 0 radical (unpaired) electrons. The van der Waals surface area contributed by atoms with Crippen LogP contribution in [0.1, 0.15) is 67.1 Å². The highest BCUT2D eigenvalue weighted by molar-refractivity contribution is 5.98. The third kappa shape index (κ3) is 2.77. The number of ether oxygens (including phenoxy) is 1. The molecule has 1 heterocycles. The van der Waals surface area contributed by atoms with Crippen LogP contribution < -0.4 is 0 Å². The summed E-state index contributed by atoms with van der Waals surface area (Å²) in [5.41, 5.74) is 1.67. The smallest absolute Gasteiger partial charge is 0.280 e. The van der Waals surface area contributed by atoms with Crippen LogP contribution in [0.15, 0.2) is 24.3 Å². The third-order valence-corrected chi connectivity index (χ3v) is 4.89. The fourth-order valence-electron chi connectivity index (χ4n) is 3.37. The van der Waals surface area contributed by atoms with E-state index in [0.29, 0.717) is 12.5 Å². The van der Waals surface area contributed by atoms with Crippen molar-refractivity contribution in [1.82, 2.24) is 5.06 Å². The molecule has 22 heavy (non-hydrogen) atoms. The Morgan fingerprint density at radius 1 is 1.05 bits per heavy atom. The summed E-state index contributed by atoms with van der Waals surface area (Å²) >= 11 is 0. The minimum Gasteiger partial charge on any atom is -0.348 e. The van der Waals surface area contributed by atoms with Crippen LogP contribution in [-0.4, -0.2) is 23.7 Å². The highest BCUT2D eigenvalue weighted by Crippen LogP contribution is 2.38. The zero-order valence-electron chi connectivity index (χ0n) is 12.9. The van der Waals surface area contributed by atoms with Gasteiger partial charge in [-0.1, -0.05) is 37.5 Å². The van der Waals surface area contributed by atoms with Gasteiger partial charge in [-0.25, -0.2) is 0 Å². The second kappa shape index (κ2) is 6.01. The highest BCUT2D eigenvalue weighted by Gasteiger charge is 2.40. The van der Waals surface area contributed by atoms with Gasteiger partial charge in [0.15, 0.2) is 6.23 Å². The second-order valence-corrected chi connectivity index (χ2v) is 6.71. The minimum atomic E-state index is -0.370.